The molecule has 0 amide bonds. The van der Waals surface area contributed by atoms with Gasteiger partial charge in [0.15, 0.2) is 0 Å². The fourth-order valence-corrected chi connectivity index (χ4v) is 2.08. The van der Waals surface area contributed by atoms with Crippen LogP contribution in [0.25, 0.3) is 0 Å². The summed E-state index contributed by atoms with van der Waals surface area (Å²) in [5.74, 6) is 0.0597. The standard InChI is InChI=1S/C15H13FN2O/c16-11-6-7-13(17)12(8-11)15-18-14(9-19-15)10-4-2-1-3-5-10/h1-8,14H,9,17H2/t14-/m1/s1. The summed E-state index contributed by atoms with van der Waals surface area (Å²) in [6.07, 6.45) is 0. The molecule has 2 aromatic rings. The Kier molecular flexibility index (Phi) is 2.91. The van der Waals surface area contributed by atoms with Crippen molar-refractivity contribution in [3.8, 4) is 0 Å². The molecule has 1 heterocycles. The second-order valence-electron chi connectivity index (χ2n) is 4.40. The maximum atomic E-state index is 13.3. The highest BCUT2D eigenvalue weighted by atomic mass is 19.1. The average Bonchev–Trinajstić information content (AvgIpc) is 2.92. The molecule has 0 saturated heterocycles. The fraction of sp³-hybridized carbons (Fsp3) is 0.133. The lowest BCUT2D eigenvalue weighted by Crippen LogP contribution is -2.05. The Bertz CT molecular complexity index is 625. The van der Waals surface area contributed by atoms with Crippen LogP contribution < -0.4 is 5.73 Å². The SMILES string of the molecule is Nc1ccc(F)cc1C1=N[C@@H](c2ccccc2)CO1. The first kappa shape index (κ1) is 11.7. The molecule has 4 heteroatoms. The van der Waals surface area contributed by atoms with E-state index in [9.17, 15) is 4.39 Å². The summed E-state index contributed by atoms with van der Waals surface area (Å²) in [5.41, 5.74) is 7.88. The molecular formula is C15H13FN2O. The molecule has 19 heavy (non-hydrogen) atoms. The van der Waals surface area contributed by atoms with Crippen LogP contribution in [-0.4, -0.2) is 12.5 Å². The lowest BCUT2D eigenvalue weighted by molar-refractivity contribution is 0.320. The van der Waals surface area contributed by atoms with Gasteiger partial charge in [0.25, 0.3) is 0 Å². The second kappa shape index (κ2) is 4.72. The summed E-state index contributed by atoms with van der Waals surface area (Å²) in [4.78, 5) is 4.48. The van der Waals surface area contributed by atoms with Crippen molar-refractivity contribution in [3.63, 3.8) is 0 Å². The van der Waals surface area contributed by atoms with Crippen LogP contribution in [0.1, 0.15) is 17.2 Å². The van der Waals surface area contributed by atoms with Crippen molar-refractivity contribution in [2.24, 2.45) is 4.99 Å². The normalized spacial score (nSPS) is 17.9. The summed E-state index contributed by atoms with van der Waals surface area (Å²) >= 11 is 0. The number of hydrogen-bond donors (Lipinski definition) is 1. The van der Waals surface area contributed by atoms with Gasteiger partial charge in [-0.25, -0.2) is 9.38 Å². The van der Waals surface area contributed by atoms with Gasteiger partial charge in [-0.05, 0) is 23.8 Å². The molecule has 96 valence electrons. The molecule has 1 aliphatic heterocycles. The Labute approximate surface area is 110 Å². The molecule has 0 fully saturated rings. The van der Waals surface area contributed by atoms with Gasteiger partial charge >= 0.3 is 0 Å². The summed E-state index contributed by atoms with van der Waals surface area (Å²) in [7, 11) is 0. The molecule has 0 unspecified atom stereocenters. The van der Waals surface area contributed by atoms with E-state index in [0.717, 1.165) is 5.56 Å². The molecule has 2 N–H and O–H groups in total. The number of nitrogens with zero attached hydrogens (tertiary/aromatic N) is 1. The van der Waals surface area contributed by atoms with Gasteiger partial charge in [-0.3, -0.25) is 0 Å². The molecule has 3 nitrogen and oxygen atoms in total. The zero-order chi connectivity index (χ0) is 13.2. The monoisotopic (exact) mass is 256 g/mol. The van der Waals surface area contributed by atoms with E-state index in [1.807, 2.05) is 30.3 Å². The van der Waals surface area contributed by atoms with Crippen molar-refractivity contribution in [2.45, 2.75) is 6.04 Å². The number of rotatable bonds is 2. The number of aliphatic imine (C=N–C) groups is 1. The Balaban J connectivity index is 1.93. The van der Waals surface area contributed by atoms with Gasteiger partial charge in [-0.1, -0.05) is 30.3 Å². The average molecular weight is 256 g/mol. The van der Waals surface area contributed by atoms with E-state index in [1.54, 1.807) is 0 Å². The van der Waals surface area contributed by atoms with Crippen molar-refractivity contribution in [1.82, 2.24) is 0 Å². The van der Waals surface area contributed by atoms with Crippen molar-refractivity contribution < 1.29 is 9.13 Å². The lowest BCUT2D eigenvalue weighted by Gasteiger charge is -2.04. The van der Waals surface area contributed by atoms with Crippen molar-refractivity contribution in [1.29, 1.82) is 0 Å². The predicted octanol–water partition coefficient (Wildman–Crippen LogP) is 2.93. The third-order valence-corrected chi connectivity index (χ3v) is 3.08. The number of nitrogen functional groups attached to an aromatic ring is 1. The summed E-state index contributed by atoms with van der Waals surface area (Å²) in [6.45, 7) is 0.454. The van der Waals surface area contributed by atoms with Crippen LogP contribution in [0.2, 0.25) is 0 Å². The quantitative estimate of drug-likeness (QED) is 0.840. The fourth-order valence-electron chi connectivity index (χ4n) is 2.08. The predicted molar refractivity (Wildman–Crippen MR) is 72.5 cm³/mol. The van der Waals surface area contributed by atoms with E-state index >= 15 is 0 Å². The van der Waals surface area contributed by atoms with Crippen molar-refractivity contribution in [2.75, 3.05) is 12.3 Å². The highest BCUT2D eigenvalue weighted by Gasteiger charge is 2.23. The van der Waals surface area contributed by atoms with Crippen LogP contribution in [0.5, 0.6) is 0 Å². The molecule has 0 aliphatic carbocycles. The summed E-state index contributed by atoms with van der Waals surface area (Å²) < 4.78 is 18.8. The minimum atomic E-state index is -0.348. The molecular weight excluding hydrogens is 243 g/mol. The molecule has 0 aromatic heterocycles. The van der Waals surface area contributed by atoms with Gasteiger partial charge in [-0.2, -0.15) is 0 Å². The van der Waals surface area contributed by atoms with Crippen LogP contribution in [0.3, 0.4) is 0 Å². The highest BCUT2D eigenvalue weighted by molar-refractivity contribution is 5.99. The third kappa shape index (κ3) is 2.29. The third-order valence-electron chi connectivity index (χ3n) is 3.08. The van der Waals surface area contributed by atoms with Crippen LogP contribution in [-0.2, 0) is 4.74 Å². The van der Waals surface area contributed by atoms with Gasteiger partial charge in [0.2, 0.25) is 5.90 Å². The molecule has 1 aliphatic rings. The molecule has 0 saturated carbocycles. The van der Waals surface area contributed by atoms with Crippen LogP contribution in [0.4, 0.5) is 10.1 Å². The molecule has 0 spiro atoms. The molecule has 2 aromatic carbocycles. The number of ether oxygens (including phenoxy) is 1. The number of nitrogens with two attached hydrogens (primary N) is 1. The van der Waals surface area contributed by atoms with E-state index in [0.29, 0.717) is 23.8 Å². The van der Waals surface area contributed by atoms with Crippen molar-refractivity contribution in [3.05, 3.63) is 65.5 Å². The smallest absolute Gasteiger partial charge is 0.219 e. The van der Waals surface area contributed by atoms with E-state index in [2.05, 4.69) is 4.99 Å². The zero-order valence-corrected chi connectivity index (χ0v) is 10.2. The first-order chi connectivity index (χ1) is 9.24. The Morgan fingerprint density at radius 2 is 1.95 bits per heavy atom. The van der Waals surface area contributed by atoms with Gasteiger partial charge in [0.1, 0.15) is 18.5 Å². The number of halogens is 1. The van der Waals surface area contributed by atoms with E-state index in [1.165, 1.54) is 18.2 Å². The molecule has 0 bridgehead atoms. The first-order valence-electron chi connectivity index (χ1n) is 6.05. The van der Waals surface area contributed by atoms with E-state index < -0.39 is 0 Å². The number of hydrogen-bond acceptors (Lipinski definition) is 3. The highest BCUT2D eigenvalue weighted by Crippen LogP contribution is 2.27. The second-order valence-corrected chi connectivity index (χ2v) is 4.40. The molecule has 0 radical (unpaired) electrons. The number of benzene rings is 2. The van der Waals surface area contributed by atoms with Crippen molar-refractivity contribution >= 4 is 11.6 Å². The Hall–Kier alpha value is -2.36. The van der Waals surface area contributed by atoms with Crippen LogP contribution in [0.15, 0.2) is 53.5 Å². The van der Waals surface area contributed by atoms with Gasteiger partial charge in [-0.15, -0.1) is 0 Å². The maximum absolute atomic E-state index is 13.3. The minimum absolute atomic E-state index is 0.0566. The number of anilines is 1. The Morgan fingerprint density at radius 3 is 2.74 bits per heavy atom. The summed E-state index contributed by atoms with van der Waals surface area (Å²) in [5, 5.41) is 0. The largest absolute Gasteiger partial charge is 0.475 e. The molecule has 3 rings (SSSR count). The van der Waals surface area contributed by atoms with Crippen LogP contribution >= 0.6 is 0 Å². The lowest BCUT2D eigenvalue weighted by atomic mass is 10.1. The van der Waals surface area contributed by atoms with E-state index in [4.69, 9.17) is 10.5 Å². The summed E-state index contributed by atoms with van der Waals surface area (Å²) in [6, 6.07) is 14.0. The topological polar surface area (TPSA) is 47.6 Å². The van der Waals surface area contributed by atoms with Gasteiger partial charge in [0, 0.05) is 5.69 Å². The van der Waals surface area contributed by atoms with Crippen LogP contribution in [0, 0.1) is 5.82 Å². The van der Waals surface area contributed by atoms with Gasteiger partial charge in [0.05, 0.1) is 5.56 Å². The van der Waals surface area contributed by atoms with E-state index in [-0.39, 0.29) is 11.9 Å². The minimum Gasteiger partial charge on any atom is -0.475 e. The first-order valence-corrected chi connectivity index (χ1v) is 6.05. The Morgan fingerprint density at radius 1 is 1.16 bits per heavy atom. The van der Waals surface area contributed by atoms with Gasteiger partial charge < -0.3 is 10.5 Å². The zero-order valence-electron chi connectivity index (χ0n) is 10.2. The maximum Gasteiger partial charge on any atom is 0.219 e. The molecule has 1 atom stereocenters.